The van der Waals surface area contributed by atoms with E-state index in [1.165, 1.54) is 0 Å². The van der Waals surface area contributed by atoms with E-state index in [9.17, 15) is 9.59 Å². The topological polar surface area (TPSA) is 84.2 Å². The molecule has 0 saturated carbocycles. The molecule has 1 rings (SSSR count). The second kappa shape index (κ2) is 7.41. The Hall–Kier alpha value is -2.04. The van der Waals surface area contributed by atoms with Crippen molar-refractivity contribution in [3.05, 3.63) is 23.8 Å². The number of nitrogen functional groups attached to an aromatic ring is 1. The highest BCUT2D eigenvalue weighted by molar-refractivity contribution is 6.39. The smallest absolute Gasteiger partial charge is 0.313 e. The van der Waals surface area contributed by atoms with E-state index in [1.807, 2.05) is 13.0 Å². The SMILES string of the molecule is CCCCCNC(=O)C(=O)Nc1ccc(C)cc1N. The van der Waals surface area contributed by atoms with Crippen molar-refractivity contribution in [2.75, 3.05) is 17.6 Å². The van der Waals surface area contributed by atoms with Crippen LogP contribution in [0.1, 0.15) is 31.7 Å². The molecule has 19 heavy (non-hydrogen) atoms. The highest BCUT2D eigenvalue weighted by Gasteiger charge is 2.13. The fourth-order valence-electron chi connectivity index (χ4n) is 1.63. The fraction of sp³-hybridized carbons (Fsp3) is 0.429. The summed E-state index contributed by atoms with van der Waals surface area (Å²) in [7, 11) is 0. The van der Waals surface area contributed by atoms with Gasteiger partial charge in [-0.05, 0) is 31.0 Å². The molecule has 0 aromatic heterocycles. The van der Waals surface area contributed by atoms with Gasteiger partial charge in [0, 0.05) is 6.54 Å². The minimum Gasteiger partial charge on any atom is -0.397 e. The van der Waals surface area contributed by atoms with E-state index in [2.05, 4.69) is 17.6 Å². The molecule has 5 nitrogen and oxygen atoms in total. The van der Waals surface area contributed by atoms with Gasteiger partial charge in [0.1, 0.15) is 0 Å². The Morgan fingerprint density at radius 1 is 1.21 bits per heavy atom. The van der Waals surface area contributed by atoms with Gasteiger partial charge in [0.15, 0.2) is 0 Å². The first-order chi connectivity index (χ1) is 9.04. The molecule has 5 heteroatoms. The molecular formula is C14H21N3O2. The van der Waals surface area contributed by atoms with Crippen LogP contribution >= 0.6 is 0 Å². The minimum atomic E-state index is -0.688. The zero-order valence-corrected chi connectivity index (χ0v) is 11.5. The standard InChI is InChI=1S/C14H21N3O2/c1-3-4-5-8-16-13(18)14(19)17-12-7-6-10(2)9-11(12)15/h6-7,9H,3-5,8,15H2,1-2H3,(H,16,18)(H,17,19). The van der Waals surface area contributed by atoms with Crippen molar-refractivity contribution in [2.45, 2.75) is 33.1 Å². The van der Waals surface area contributed by atoms with E-state index >= 15 is 0 Å². The Bertz CT molecular complexity index is 458. The number of rotatable bonds is 5. The number of hydrogen-bond donors (Lipinski definition) is 3. The average Bonchev–Trinajstić information content (AvgIpc) is 2.37. The molecule has 0 bridgehead atoms. The summed E-state index contributed by atoms with van der Waals surface area (Å²) in [6.07, 6.45) is 2.98. The average molecular weight is 263 g/mol. The molecule has 1 aromatic carbocycles. The first kappa shape index (κ1) is 15.0. The molecule has 0 unspecified atom stereocenters. The lowest BCUT2D eigenvalue weighted by Gasteiger charge is -2.09. The minimum absolute atomic E-state index is 0.451. The van der Waals surface area contributed by atoms with Crippen molar-refractivity contribution in [2.24, 2.45) is 0 Å². The van der Waals surface area contributed by atoms with Gasteiger partial charge in [-0.3, -0.25) is 9.59 Å². The summed E-state index contributed by atoms with van der Waals surface area (Å²) in [4.78, 5) is 23.2. The number of unbranched alkanes of at least 4 members (excludes halogenated alkanes) is 2. The zero-order chi connectivity index (χ0) is 14.3. The number of hydrogen-bond acceptors (Lipinski definition) is 3. The first-order valence-corrected chi connectivity index (χ1v) is 6.50. The molecule has 0 atom stereocenters. The molecule has 0 aliphatic heterocycles. The Morgan fingerprint density at radius 2 is 1.95 bits per heavy atom. The van der Waals surface area contributed by atoms with Gasteiger partial charge in [0.2, 0.25) is 0 Å². The normalized spacial score (nSPS) is 10.0. The monoisotopic (exact) mass is 263 g/mol. The predicted octanol–water partition coefficient (Wildman–Crippen LogP) is 1.82. The van der Waals surface area contributed by atoms with Crippen LogP contribution in [0.5, 0.6) is 0 Å². The molecule has 0 heterocycles. The van der Waals surface area contributed by atoms with Crippen molar-refractivity contribution in [1.82, 2.24) is 5.32 Å². The lowest BCUT2D eigenvalue weighted by Crippen LogP contribution is -2.36. The third kappa shape index (κ3) is 4.99. The highest BCUT2D eigenvalue weighted by atomic mass is 16.2. The maximum absolute atomic E-state index is 11.6. The van der Waals surface area contributed by atoms with E-state index in [0.717, 1.165) is 24.8 Å². The van der Waals surface area contributed by atoms with Crippen molar-refractivity contribution < 1.29 is 9.59 Å². The Balaban J connectivity index is 2.47. The van der Waals surface area contributed by atoms with Crippen LogP contribution < -0.4 is 16.4 Å². The Morgan fingerprint density at radius 3 is 2.58 bits per heavy atom. The third-order valence-electron chi connectivity index (χ3n) is 2.73. The number of nitrogens with one attached hydrogen (secondary N) is 2. The van der Waals surface area contributed by atoms with Crippen LogP contribution in [0.3, 0.4) is 0 Å². The van der Waals surface area contributed by atoms with Crippen molar-refractivity contribution >= 4 is 23.2 Å². The number of aryl methyl sites for hydroxylation is 1. The number of carbonyl (C=O) groups is 2. The Labute approximate surface area is 113 Å². The molecule has 0 saturated heterocycles. The second-order valence-electron chi connectivity index (χ2n) is 4.51. The number of carbonyl (C=O) groups excluding carboxylic acids is 2. The number of nitrogens with two attached hydrogens (primary N) is 1. The first-order valence-electron chi connectivity index (χ1n) is 6.50. The largest absolute Gasteiger partial charge is 0.397 e. The summed E-state index contributed by atoms with van der Waals surface area (Å²) in [6.45, 7) is 4.50. The van der Waals surface area contributed by atoms with Crippen LogP contribution in [0.15, 0.2) is 18.2 Å². The number of benzene rings is 1. The summed E-state index contributed by atoms with van der Waals surface area (Å²) in [5.41, 5.74) is 7.67. The van der Waals surface area contributed by atoms with Gasteiger partial charge in [-0.15, -0.1) is 0 Å². The van der Waals surface area contributed by atoms with Gasteiger partial charge in [-0.2, -0.15) is 0 Å². The van der Waals surface area contributed by atoms with E-state index in [0.29, 0.717) is 17.9 Å². The van der Waals surface area contributed by atoms with E-state index in [4.69, 9.17) is 5.73 Å². The molecule has 2 amide bonds. The highest BCUT2D eigenvalue weighted by Crippen LogP contribution is 2.19. The molecule has 0 fully saturated rings. The fourth-order valence-corrected chi connectivity index (χ4v) is 1.63. The molecule has 0 spiro atoms. The van der Waals surface area contributed by atoms with Crippen LogP contribution in [0.2, 0.25) is 0 Å². The van der Waals surface area contributed by atoms with Crippen LogP contribution in [0, 0.1) is 6.92 Å². The van der Waals surface area contributed by atoms with Crippen molar-refractivity contribution in [3.8, 4) is 0 Å². The van der Waals surface area contributed by atoms with Gasteiger partial charge in [-0.1, -0.05) is 25.8 Å². The molecular weight excluding hydrogens is 242 g/mol. The van der Waals surface area contributed by atoms with E-state index in [-0.39, 0.29) is 0 Å². The second-order valence-corrected chi connectivity index (χ2v) is 4.51. The van der Waals surface area contributed by atoms with Crippen LogP contribution in [-0.4, -0.2) is 18.4 Å². The zero-order valence-electron chi connectivity index (χ0n) is 11.5. The maximum Gasteiger partial charge on any atom is 0.313 e. The molecule has 1 aromatic rings. The lowest BCUT2D eigenvalue weighted by atomic mass is 10.2. The van der Waals surface area contributed by atoms with Gasteiger partial charge in [0.05, 0.1) is 11.4 Å². The van der Waals surface area contributed by atoms with Crippen molar-refractivity contribution in [1.29, 1.82) is 0 Å². The van der Waals surface area contributed by atoms with Gasteiger partial charge in [0.25, 0.3) is 0 Å². The van der Waals surface area contributed by atoms with Gasteiger partial charge >= 0.3 is 11.8 Å². The summed E-state index contributed by atoms with van der Waals surface area (Å²) in [5, 5.41) is 5.08. The Kier molecular flexibility index (Phi) is 5.85. The maximum atomic E-state index is 11.6. The quantitative estimate of drug-likeness (QED) is 0.430. The molecule has 0 aliphatic rings. The summed E-state index contributed by atoms with van der Waals surface area (Å²) in [6, 6.07) is 5.26. The van der Waals surface area contributed by atoms with Gasteiger partial charge in [-0.25, -0.2) is 0 Å². The molecule has 0 radical (unpaired) electrons. The number of amides is 2. The number of anilines is 2. The third-order valence-corrected chi connectivity index (χ3v) is 2.73. The summed E-state index contributed by atoms with van der Waals surface area (Å²) >= 11 is 0. The molecule has 0 aliphatic carbocycles. The van der Waals surface area contributed by atoms with Crippen LogP contribution in [0.25, 0.3) is 0 Å². The molecule has 4 N–H and O–H groups in total. The lowest BCUT2D eigenvalue weighted by molar-refractivity contribution is -0.136. The van der Waals surface area contributed by atoms with Crippen LogP contribution in [-0.2, 0) is 9.59 Å². The van der Waals surface area contributed by atoms with E-state index < -0.39 is 11.8 Å². The van der Waals surface area contributed by atoms with E-state index in [1.54, 1.807) is 12.1 Å². The van der Waals surface area contributed by atoms with Gasteiger partial charge < -0.3 is 16.4 Å². The molecule has 104 valence electrons. The summed E-state index contributed by atoms with van der Waals surface area (Å²) < 4.78 is 0. The predicted molar refractivity (Wildman–Crippen MR) is 76.8 cm³/mol. The van der Waals surface area contributed by atoms with Crippen molar-refractivity contribution in [3.63, 3.8) is 0 Å². The van der Waals surface area contributed by atoms with Crippen LogP contribution in [0.4, 0.5) is 11.4 Å². The summed E-state index contributed by atoms with van der Waals surface area (Å²) in [5.74, 6) is -1.32.